The molecule has 128 valence electrons. The second-order valence-electron chi connectivity index (χ2n) is 6.35. The van der Waals surface area contributed by atoms with E-state index in [1.54, 1.807) is 18.2 Å². The number of hydrogen-bond acceptors (Lipinski definition) is 5. The maximum absolute atomic E-state index is 11.9. The van der Waals surface area contributed by atoms with Gasteiger partial charge < -0.3 is 14.8 Å². The Kier molecular flexibility index (Phi) is 5.15. The number of nitrogens with zero attached hydrogens (tertiary/aromatic N) is 2. The zero-order valence-corrected chi connectivity index (χ0v) is 13.9. The minimum Gasteiger partial charge on any atom is -0.506 e. The number of pyridine rings is 1. The average Bonchev–Trinajstić information content (AvgIpc) is 3.11. The van der Waals surface area contributed by atoms with E-state index in [0.29, 0.717) is 24.8 Å². The van der Waals surface area contributed by atoms with Crippen molar-refractivity contribution in [3.05, 3.63) is 47.7 Å². The molecule has 1 aliphatic rings. The van der Waals surface area contributed by atoms with Gasteiger partial charge >= 0.3 is 0 Å². The molecule has 0 saturated carbocycles. The van der Waals surface area contributed by atoms with E-state index in [4.69, 9.17) is 4.42 Å². The van der Waals surface area contributed by atoms with Crippen LogP contribution in [0.2, 0.25) is 0 Å². The van der Waals surface area contributed by atoms with Crippen LogP contribution in [0.3, 0.4) is 0 Å². The highest BCUT2D eigenvalue weighted by Crippen LogP contribution is 2.21. The van der Waals surface area contributed by atoms with Crippen molar-refractivity contribution in [1.82, 2.24) is 15.2 Å². The van der Waals surface area contributed by atoms with Gasteiger partial charge in [0.15, 0.2) is 5.76 Å². The number of rotatable bonds is 5. The highest BCUT2D eigenvalue weighted by Gasteiger charge is 2.22. The van der Waals surface area contributed by atoms with Crippen molar-refractivity contribution in [2.24, 2.45) is 5.92 Å². The van der Waals surface area contributed by atoms with Crippen molar-refractivity contribution in [3.8, 4) is 5.75 Å². The van der Waals surface area contributed by atoms with Gasteiger partial charge in [-0.2, -0.15) is 0 Å². The Hall–Kier alpha value is -2.34. The molecule has 24 heavy (non-hydrogen) atoms. The lowest BCUT2D eigenvalue weighted by Gasteiger charge is -2.32. The van der Waals surface area contributed by atoms with Gasteiger partial charge in [-0.05, 0) is 56.5 Å². The molecule has 0 aromatic carbocycles. The molecule has 0 aliphatic carbocycles. The van der Waals surface area contributed by atoms with Crippen LogP contribution in [0.5, 0.6) is 5.75 Å². The van der Waals surface area contributed by atoms with Crippen molar-refractivity contribution in [2.75, 3.05) is 19.6 Å². The lowest BCUT2D eigenvalue weighted by atomic mass is 9.97. The van der Waals surface area contributed by atoms with E-state index >= 15 is 0 Å². The molecular weight excluding hydrogens is 306 g/mol. The first-order valence-corrected chi connectivity index (χ1v) is 8.31. The Morgan fingerprint density at radius 1 is 1.46 bits per heavy atom. The number of likely N-dealkylation sites (tertiary alicyclic amines) is 1. The molecule has 1 amide bonds. The molecule has 0 radical (unpaired) electrons. The summed E-state index contributed by atoms with van der Waals surface area (Å²) in [5.74, 6) is 0.810. The van der Waals surface area contributed by atoms with E-state index in [9.17, 15) is 9.90 Å². The molecule has 2 aromatic heterocycles. The third-order valence-corrected chi connectivity index (χ3v) is 4.36. The van der Waals surface area contributed by atoms with E-state index < -0.39 is 0 Å². The molecule has 6 nitrogen and oxygen atoms in total. The number of aromatic nitrogens is 1. The molecule has 1 atom stereocenters. The number of nitrogens with one attached hydrogen (secondary N) is 1. The Morgan fingerprint density at radius 3 is 3.12 bits per heavy atom. The third-order valence-electron chi connectivity index (χ3n) is 4.36. The second kappa shape index (κ2) is 7.49. The summed E-state index contributed by atoms with van der Waals surface area (Å²) in [4.78, 5) is 18.7. The van der Waals surface area contributed by atoms with Gasteiger partial charge in [-0.15, -0.1) is 0 Å². The summed E-state index contributed by atoms with van der Waals surface area (Å²) in [6, 6.07) is 6.87. The largest absolute Gasteiger partial charge is 0.506 e. The van der Waals surface area contributed by atoms with Gasteiger partial charge in [0.2, 0.25) is 0 Å². The summed E-state index contributed by atoms with van der Waals surface area (Å²) in [6.07, 6.45) is 3.66. The number of furan rings is 1. The highest BCUT2D eigenvalue weighted by atomic mass is 16.3. The number of aromatic hydroxyl groups is 1. The van der Waals surface area contributed by atoms with Crippen LogP contribution >= 0.6 is 0 Å². The van der Waals surface area contributed by atoms with E-state index in [0.717, 1.165) is 37.3 Å². The summed E-state index contributed by atoms with van der Waals surface area (Å²) in [6.45, 7) is 5.05. The first-order chi connectivity index (χ1) is 11.6. The lowest BCUT2D eigenvalue weighted by molar-refractivity contribution is 0.0902. The Morgan fingerprint density at radius 2 is 2.33 bits per heavy atom. The van der Waals surface area contributed by atoms with E-state index in [1.165, 1.54) is 6.26 Å². The summed E-state index contributed by atoms with van der Waals surface area (Å²) < 4.78 is 5.10. The zero-order chi connectivity index (χ0) is 16.9. The van der Waals surface area contributed by atoms with Gasteiger partial charge in [0.1, 0.15) is 5.75 Å². The van der Waals surface area contributed by atoms with Gasteiger partial charge in [0.05, 0.1) is 12.0 Å². The van der Waals surface area contributed by atoms with Gasteiger partial charge in [0.25, 0.3) is 5.91 Å². The zero-order valence-electron chi connectivity index (χ0n) is 13.9. The highest BCUT2D eigenvalue weighted by molar-refractivity contribution is 5.91. The van der Waals surface area contributed by atoms with Crippen LogP contribution in [-0.2, 0) is 6.54 Å². The summed E-state index contributed by atoms with van der Waals surface area (Å²) in [5.41, 5.74) is 1.62. The van der Waals surface area contributed by atoms with Gasteiger partial charge in [0, 0.05) is 25.3 Å². The molecule has 2 N–H and O–H groups in total. The quantitative estimate of drug-likeness (QED) is 0.880. The van der Waals surface area contributed by atoms with Gasteiger partial charge in [-0.25, -0.2) is 0 Å². The normalized spacial score (nSPS) is 18.5. The molecule has 0 bridgehead atoms. The molecule has 2 aromatic rings. The minimum atomic E-state index is -0.171. The predicted octanol–water partition coefficient (Wildman–Crippen LogP) is 2.33. The summed E-state index contributed by atoms with van der Waals surface area (Å²) in [5, 5.41) is 12.9. The number of carbonyl (C=O) groups is 1. The van der Waals surface area contributed by atoms with Crippen molar-refractivity contribution in [3.63, 3.8) is 0 Å². The van der Waals surface area contributed by atoms with Crippen molar-refractivity contribution in [1.29, 1.82) is 0 Å². The van der Waals surface area contributed by atoms with Crippen molar-refractivity contribution < 1.29 is 14.3 Å². The fourth-order valence-electron chi connectivity index (χ4n) is 3.12. The maximum Gasteiger partial charge on any atom is 0.286 e. The Labute approximate surface area is 141 Å². The van der Waals surface area contributed by atoms with Crippen LogP contribution < -0.4 is 5.32 Å². The summed E-state index contributed by atoms with van der Waals surface area (Å²) in [7, 11) is 0. The first-order valence-electron chi connectivity index (χ1n) is 8.31. The number of aryl methyl sites for hydroxylation is 1. The van der Waals surface area contributed by atoms with Gasteiger partial charge in [-0.1, -0.05) is 0 Å². The smallest absolute Gasteiger partial charge is 0.286 e. The Balaban J connectivity index is 1.52. The van der Waals surface area contributed by atoms with Crippen LogP contribution in [0.15, 0.2) is 34.9 Å². The van der Waals surface area contributed by atoms with Crippen molar-refractivity contribution >= 4 is 5.91 Å². The van der Waals surface area contributed by atoms with Crippen molar-refractivity contribution in [2.45, 2.75) is 26.3 Å². The van der Waals surface area contributed by atoms with E-state index in [1.807, 2.05) is 13.0 Å². The standard InChI is InChI=1S/C18H23N3O3/c1-13-6-7-16(22)15(20-13)12-21-8-2-4-14(11-21)10-19-18(23)17-5-3-9-24-17/h3,5-7,9,14,22H,2,4,8,10-12H2,1H3,(H,19,23). The topological polar surface area (TPSA) is 78.6 Å². The van der Waals surface area contributed by atoms with Crippen LogP contribution in [-0.4, -0.2) is 40.5 Å². The molecule has 1 aliphatic heterocycles. The fraction of sp³-hybridized carbons (Fsp3) is 0.444. The fourth-order valence-corrected chi connectivity index (χ4v) is 3.12. The SMILES string of the molecule is Cc1ccc(O)c(CN2CCCC(CNC(=O)c3ccco3)C2)n1. The Bertz CT molecular complexity index is 685. The lowest BCUT2D eigenvalue weighted by Crippen LogP contribution is -2.40. The molecule has 3 rings (SSSR count). The van der Waals surface area contributed by atoms with Gasteiger partial charge in [-0.3, -0.25) is 14.7 Å². The molecule has 1 fully saturated rings. The second-order valence-corrected chi connectivity index (χ2v) is 6.35. The molecule has 6 heteroatoms. The average molecular weight is 329 g/mol. The predicted molar refractivity (Wildman–Crippen MR) is 89.7 cm³/mol. The first kappa shape index (κ1) is 16.5. The monoisotopic (exact) mass is 329 g/mol. The molecule has 1 unspecified atom stereocenters. The number of carbonyl (C=O) groups excluding carboxylic acids is 1. The van der Waals surface area contributed by atoms with Crippen LogP contribution in [0.4, 0.5) is 0 Å². The molecule has 3 heterocycles. The van der Waals surface area contributed by atoms with Crippen LogP contribution in [0, 0.1) is 12.8 Å². The van der Waals surface area contributed by atoms with Crippen LogP contribution in [0.1, 0.15) is 34.8 Å². The minimum absolute atomic E-state index is 0.171. The maximum atomic E-state index is 11.9. The molecule has 1 saturated heterocycles. The number of hydrogen-bond donors (Lipinski definition) is 2. The molecular formula is C18H23N3O3. The third kappa shape index (κ3) is 4.14. The van der Waals surface area contributed by atoms with E-state index in [2.05, 4.69) is 15.2 Å². The van der Waals surface area contributed by atoms with Crippen LogP contribution in [0.25, 0.3) is 0 Å². The number of amides is 1. The van der Waals surface area contributed by atoms with E-state index in [-0.39, 0.29) is 11.7 Å². The summed E-state index contributed by atoms with van der Waals surface area (Å²) >= 11 is 0. The number of piperidine rings is 1. The molecule has 0 spiro atoms.